The number of rotatable bonds is 4. The first-order valence-corrected chi connectivity index (χ1v) is 7.96. The molecule has 0 saturated carbocycles. The third-order valence-corrected chi connectivity index (χ3v) is 4.31. The van der Waals surface area contributed by atoms with Crippen molar-refractivity contribution >= 4 is 0 Å². The fourth-order valence-electron chi connectivity index (χ4n) is 3.28. The molecule has 1 aromatic heterocycles. The van der Waals surface area contributed by atoms with Crippen LogP contribution in [0.15, 0.2) is 36.7 Å². The third-order valence-electron chi connectivity index (χ3n) is 4.31. The molecule has 3 heteroatoms. The van der Waals surface area contributed by atoms with Crippen LogP contribution in [0.5, 0.6) is 5.75 Å². The lowest BCUT2D eigenvalue weighted by molar-refractivity contribution is 0.475. The fraction of sp³-hybridized carbons (Fsp3) is 0.444. The van der Waals surface area contributed by atoms with Gasteiger partial charge in [0.1, 0.15) is 5.75 Å². The number of hydrogen-bond donors (Lipinski definition) is 2. The molecule has 2 aromatic rings. The van der Waals surface area contributed by atoms with E-state index in [9.17, 15) is 5.11 Å². The maximum absolute atomic E-state index is 9.37. The summed E-state index contributed by atoms with van der Waals surface area (Å²) in [5, 5.41) is 13.0. The number of nitrogens with one attached hydrogen (secondary N) is 1. The highest BCUT2D eigenvalue weighted by Crippen LogP contribution is 2.29. The van der Waals surface area contributed by atoms with Gasteiger partial charge in [0.25, 0.3) is 0 Å². The van der Waals surface area contributed by atoms with E-state index >= 15 is 0 Å². The first-order chi connectivity index (χ1) is 10.3. The van der Waals surface area contributed by atoms with Crippen molar-refractivity contribution in [2.75, 3.05) is 6.54 Å². The summed E-state index contributed by atoms with van der Waals surface area (Å²) in [6, 6.07) is 8.00. The molecule has 21 heavy (non-hydrogen) atoms. The fourth-order valence-corrected chi connectivity index (χ4v) is 3.28. The number of phenols is 1. The molecule has 1 aliphatic carbocycles. The summed E-state index contributed by atoms with van der Waals surface area (Å²) in [5.41, 5.74) is 4.20. The summed E-state index contributed by atoms with van der Waals surface area (Å²) in [6.45, 7) is 4.07. The summed E-state index contributed by atoms with van der Waals surface area (Å²) in [4.78, 5) is 0. The topological polar surface area (TPSA) is 37.2 Å². The van der Waals surface area contributed by atoms with Gasteiger partial charge in [-0.25, -0.2) is 0 Å². The van der Waals surface area contributed by atoms with E-state index in [0.29, 0.717) is 11.8 Å². The highest BCUT2D eigenvalue weighted by molar-refractivity contribution is 5.31. The monoisotopic (exact) mass is 284 g/mol. The molecule has 1 heterocycles. The van der Waals surface area contributed by atoms with Crippen LogP contribution in [0.3, 0.4) is 0 Å². The highest BCUT2D eigenvalue weighted by Gasteiger charge is 2.19. The van der Waals surface area contributed by atoms with Crippen LogP contribution in [0.2, 0.25) is 0 Å². The van der Waals surface area contributed by atoms with Gasteiger partial charge >= 0.3 is 0 Å². The van der Waals surface area contributed by atoms with Crippen molar-refractivity contribution in [3.63, 3.8) is 0 Å². The molecular formula is C18H24N2O. The summed E-state index contributed by atoms with van der Waals surface area (Å²) < 4.78 is 2.28. The molecule has 1 aromatic carbocycles. The normalized spacial score (nSPS) is 18.2. The molecule has 0 saturated heterocycles. The second-order valence-corrected chi connectivity index (χ2v) is 5.93. The molecule has 0 amide bonds. The predicted molar refractivity (Wildman–Crippen MR) is 85.6 cm³/mol. The maximum Gasteiger partial charge on any atom is 0.115 e. The Kier molecular flexibility index (Phi) is 4.30. The second-order valence-electron chi connectivity index (χ2n) is 5.93. The largest absolute Gasteiger partial charge is 0.508 e. The average Bonchev–Trinajstić information content (AvgIpc) is 2.79. The van der Waals surface area contributed by atoms with Crippen molar-refractivity contribution in [3.05, 3.63) is 53.3 Å². The van der Waals surface area contributed by atoms with Gasteiger partial charge in [-0.15, -0.1) is 0 Å². The van der Waals surface area contributed by atoms with Gasteiger partial charge in [0.2, 0.25) is 0 Å². The number of hydrogen-bond acceptors (Lipinski definition) is 2. The van der Waals surface area contributed by atoms with Crippen LogP contribution in [0.4, 0.5) is 0 Å². The molecule has 1 atom stereocenters. The highest BCUT2D eigenvalue weighted by atomic mass is 16.3. The number of phenolic OH excluding ortho intramolecular Hbond substituents is 1. The van der Waals surface area contributed by atoms with Crippen molar-refractivity contribution in [2.24, 2.45) is 0 Å². The van der Waals surface area contributed by atoms with Crippen LogP contribution in [0.25, 0.3) is 0 Å². The van der Waals surface area contributed by atoms with Crippen molar-refractivity contribution < 1.29 is 5.11 Å². The van der Waals surface area contributed by atoms with Crippen LogP contribution < -0.4 is 5.32 Å². The molecule has 112 valence electrons. The molecule has 1 aliphatic rings. The van der Waals surface area contributed by atoms with E-state index in [2.05, 4.69) is 29.2 Å². The van der Waals surface area contributed by atoms with Crippen molar-refractivity contribution in [1.82, 2.24) is 9.88 Å². The zero-order chi connectivity index (χ0) is 14.7. The number of fused-ring (bicyclic) bond motifs is 1. The van der Waals surface area contributed by atoms with Crippen LogP contribution in [0, 0.1) is 0 Å². The first-order valence-electron chi connectivity index (χ1n) is 7.96. The number of aromatic hydroxyl groups is 1. The van der Waals surface area contributed by atoms with Crippen LogP contribution in [0.1, 0.15) is 48.9 Å². The summed E-state index contributed by atoms with van der Waals surface area (Å²) in [7, 11) is 0. The summed E-state index contributed by atoms with van der Waals surface area (Å²) in [5.74, 6) is 0.328. The van der Waals surface area contributed by atoms with E-state index in [1.807, 2.05) is 12.1 Å². The molecule has 0 radical (unpaired) electrons. The molecule has 3 nitrogen and oxygen atoms in total. The Morgan fingerprint density at radius 1 is 1.19 bits per heavy atom. The van der Waals surface area contributed by atoms with E-state index < -0.39 is 0 Å². The lowest BCUT2D eigenvalue weighted by Crippen LogP contribution is -2.20. The van der Waals surface area contributed by atoms with Crippen molar-refractivity contribution in [1.29, 1.82) is 0 Å². The Morgan fingerprint density at radius 2 is 2.00 bits per heavy atom. The lowest BCUT2D eigenvalue weighted by atomic mass is 10.0. The summed E-state index contributed by atoms with van der Waals surface area (Å²) in [6.07, 6.45) is 9.64. The SMILES string of the molecule is CCNC1CCCCc2cn(Cc3ccc(O)cc3)cc21. The Hall–Kier alpha value is -1.74. The molecule has 2 N–H and O–H groups in total. The number of aromatic nitrogens is 1. The van der Waals surface area contributed by atoms with Gasteiger partial charge in [0.05, 0.1) is 0 Å². The van der Waals surface area contributed by atoms with Gasteiger partial charge in [0, 0.05) is 25.0 Å². The minimum absolute atomic E-state index is 0.328. The molecular weight excluding hydrogens is 260 g/mol. The quantitative estimate of drug-likeness (QED) is 0.841. The Bertz CT molecular complexity index is 586. The van der Waals surface area contributed by atoms with E-state index in [0.717, 1.165) is 13.1 Å². The number of aryl methyl sites for hydroxylation is 1. The zero-order valence-corrected chi connectivity index (χ0v) is 12.7. The standard InChI is InChI=1S/C18H24N2O/c1-2-19-18-6-4-3-5-15-12-20(13-17(15)18)11-14-7-9-16(21)10-8-14/h7-10,12-13,18-19,21H,2-6,11H2,1H3. The van der Waals surface area contributed by atoms with Crippen molar-refractivity contribution in [2.45, 2.75) is 45.2 Å². The first kappa shape index (κ1) is 14.2. The molecule has 1 unspecified atom stereocenters. The zero-order valence-electron chi connectivity index (χ0n) is 12.7. The average molecular weight is 284 g/mol. The van der Waals surface area contributed by atoms with Gasteiger partial charge in [-0.2, -0.15) is 0 Å². The Balaban J connectivity index is 1.81. The van der Waals surface area contributed by atoms with Crippen LogP contribution in [-0.2, 0) is 13.0 Å². The molecule has 0 fully saturated rings. The maximum atomic E-state index is 9.37. The van der Waals surface area contributed by atoms with E-state index in [1.165, 1.54) is 42.4 Å². The predicted octanol–water partition coefficient (Wildman–Crippen LogP) is 3.62. The van der Waals surface area contributed by atoms with Gasteiger partial charge in [-0.1, -0.05) is 25.5 Å². The minimum Gasteiger partial charge on any atom is -0.508 e. The Morgan fingerprint density at radius 3 is 2.76 bits per heavy atom. The van der Waals surface area contributed by atoms with Crippen LogP contribution in [-0.4, -0.2) is 16.2 Å². The van der Waals surface area contributed by atoms with Crippen molar-refractivity contribution in [3.8, 4) is 5.75 Å². The smallest absolute Gasteiger partial charge is 0.115 e. The Labute approximate surface area is 126 Å². The van der Waals surface area contributed by atoms with E-state index in [4.69, 9.17) is 0 Å². The second kappa shape index (κ2) is 6.35. The molecule has 0 spiro atoms. The number of nitrogens with zero attached hydrogens (tertiary/aromatic N) is 1. The van der Waals surface area contributed by atoms with E-state index in [1.54, 1.807) is 12.1 Å². The summed E-state index contributed by atoms with van der Waals surface area (Å²) >= 11 is 0. The third kappa shape index (κ3) is 3.30. The molecule has 0 aliphatic heterocycles. The van der Waals surface area contributed by atoms with Gasteiger partial charge in [-0.3, -0.25) is 0 Å². The van der Waals surface area contributed by atoms with Crippen LogP contribution >= 0.6 is 0 Å². The van der Waals surface area contributed by atoms with Gasteiger partial charge < -0.3 is 15.0 Å². The molecule has 0 bridgehead atoms. The molecule has 3 rings (SSSR count). The lowest BCUT2D eigenvalue weighted by Gasteiger charge is -2.15. The van der Waals surface area contributed by atoms with E-state index in [-0.39, 0.29) is 0 Å². The number of benzene rings is 1. The van der Waals surface area contributed by atoms with Gasteiger partial charge in [0.15, 0.2) is 0 Å². The van der Waals surface area contributed by atoms with Gasteiger partial charge in [-0.05, 0) is 54.6 Å². The minimum atomic E-state index is 0.328.